The van der Waals surface area contributed by atoms with E-state index in [0.717, 1.165) is 17.4 Å². The number of carbonyl (C=O) groups excluding carboxylic acids is 1. The molecule has 0 radical (unpaired) electrons. The quantitative estimate of drug-likeness (QED) is 0.387. The van der Waals surface area contributed by atoms with E-state index in [1.807, 2.05) is 42.5 Å². The Bertz CT molecular complexity index is 1250. The fourth-order valence-electron chi connectivity index (χ4n) is 3.74. The van der Waals surface area contributed by atoms with E-state index < -0.39 is 14.9 Å². The van der Waals surface area contributed by atoms with Gasteiger partial charge in [-0.3, -0.25) is 14.9 Å². The van der Waals surface area contributed by atoms with Gasteiger partial charge in [0, 0.05) is 56.7 Å². The minimum Gasteiger partial charge on any atom is -0.461 e. The highest BCUT2D eigenvalue weighted by Gasteiger charge is 2.30. The molecule has 1 amide bonds. The van der Waals surface area contributed by atoms with E-state index in [4.69, 9.17) is 4.42 Å². The van der Waals surface area contributed by atoms with Gasteiger partial charge in [0.05, 0.1) is 9.82 Å². The molecule has 2 heterocycles. The van der Waals surface area contributed by atoms with Crippen molar-refractivity contribution in [1.29, 1.82) is 0 Å². The fraction of sp³-hybridized carbons (Fsp3) is 0.261. The molecule has 0 atom stereocenters. The van der Waals surface area contributed by atoms with Gasteiger partial charge < -0.3 is 9.32 Å². The lowest BCUT2D eigenvalue weighted by atomic mass is 10.2. The number of hydrogen-bond acceptors (Lipinski definition) is 6. The van der Waals surface area contributed by atoms with Gasteiger partial charge >= 0.3 is 0 Å². The summed E-state index contributed by atoms with van der Waals surface area (Å²) in [7, 11) is -3.87. The van der Waals surface area contributed by atoms with Gasteiger partial charge in [0.15, 0.2) is 0 Å². The van der Waals surface area contributed by atoms with E-state index in [-0.39, 0.29) is 49.1 Å². The first-order valence-electron chi connectivity index (χ1n) is 10.5. The number of furan rings is 1. The zero-order valence-corrected chi connectivity index (χ0v) is 18.6. The standard InChI is InChI=1S/C23H23N3O6S/c27-23(12-10-20-9-11-22(32-20)18-5-2-1-3-6-18)24-13-15-25(16-14-24)33(30,31)21-8-4-7-19(17-21)26(28)29/h1-9,11,17H,10,12-16H2. The van der Waals surface area contributed by atoms with Crippen molar-refractivity contribution in [2.24, 2.45) is 0 Å². The molecule has 0 aliphatic carbocycles. The van der Waals surface area contributed by atoms with Crippen LogP contribution in [0, 0.1) is 10.1 Å². The Morgan fingerprint density at radius 1 is 0.970 bits per heavy atom. The number of nitro groups is 1. The SMILES string of the molecule is O=C(CCc1ccc(-c2ccccc2)o1)N1CCN(S(=O)(=O)c2cccc([N+](=O)[O-])c2)CC1. The Labute approximate surface area is 191 Å². The van der Waals surface area contributed by atoms with Crippen molar-refractivity contribution in [1.82, 2.24) is 9.21 Å². The maximum Gasteiger partial charge on any atom is 0.270 e. The molecular weight excluding hydrogens is 446 g/mol. The van der Waals surface area contributed by atoms with Crippen LogP contribution >= 0.6 is 0 Å². The molecular formula is C23H23N3O6S. The van der Waals surface area contributed by atoms with Gasteiger partial charge in [-0.2, -0.15) is 4.31 Å². The summed E-state index contributed by atoms with van der Waals surface area (Å²) in [5, 5.41) is 11.0. The third-order valence-corrected chi connectivity index (χ3v) is 7.46. The van der Waals surface area contributed by atoms with Crippen LogP contribution in [-0.2, 0) is 21.2 Å². The lowest BCUT2D eigenvalue weighted by molar-refractivity contribution is -0.385. The Hall–Kier alpha value is -3.50. The molecule has 0 N–H and O–H groups in total. The third-order valence-electron chi connectivity index (χ3n) is 5.56. The second-order valence-electron chi connectivity index (χ2n) is 7.67. The second kappa shape index (κ2) is 9.55. The highest BCUT2D eigenvalue weighted by Crippen LogP contribution is 2.24. The summed E-state index contributed by atoms with van der Waals surface area (Å²) in [6, 6.07) is 18.4. The van der Waals surface area contributed by atoms with Crippen LogP contribution in [0.15, 0.2) is 76.0 Å². The number of hydrogen-bond donors (Lipinski definition) is 0. The number of amides is 1. The van der Waals surface area contributed by atoms with Crippen molar-refractivity contribution < 1.29 is 22.6 Å². The molecule has 3 aromatic rings. The molecule has 1 saturated heterocycles. The number of nitro benzene ring substituents is 1. The van der Waals surface area contributed by atoms with Gasteiger partial charge in [-0.15, -0.1) is 0 Å². The lowest BCUT2D eigenvalue weighted by Crippen LogP contribution is -2.50. The molecule has 0 saturated carbocycles. The lowest BCUT2D eigenvalue weighted by Gasteiger charge is -2.34. The highest BCUT2D eigenvalue weighted by atomic mass is 32.2. The summed E-state index contributed by atoms with van der Waals surface area (Å²) >= 11 is 0. The van der Waals surface area contributed by atoms with Crippen LogP contribution in [0.25, 0.3) is 11.3 Å². The first kappa shape index (κ1) is 22.7. The van der Waals surface area contributed by atoms with Gasteiger partial charge in [-0.05, 0) is 18.2 Å². The first-order chi connectivity index (χ1) is 15.8. The predicted octanol–water partition coefficient (Wildman–Crippen LogP) is 3.32. The minimum absolute atomic E-state index is 0.0694. The van der Waals surface area contributed by atoms with Crippen LogP contribution in [0.3, 0.4) is 0 Å². The van der Waals surface area contributed by atoms with Gasteiger partial charge in [0.25, 0.3) is 5.69 Å². The van der Waals surface area contributed by atoms with Crippen molar-refractivity contribution in [2.45, 2.75) is 17.7 Å². The van der Waals surface area contributed by atoms with Gasteiger partial charge in [0.1, 0.15) is 11.5 Å². The molecule has 0 unspecified atom stereocenters. The molecule has 0 bridgehead atoms. The molecule has 33 heavy (non-hydrogen) atoms. The van der Waals surface area contributed by atoms with E-state index in [1.54, 1.807) is 4.90 Å². The van der Waals surface area contributed by atoms with Crippen molar-refractivity contribution >= 4 is 21.6 Å². The molecule has 2 aromatic carbocycles. The van der Waals surface area contributed by atoms with E-state index >= 15 is 0 Å². The van der Waals surface area contributed by atoms with Crippen molar-refractivity contribution in [3.05, 3.63) is 82.6 Å². The van der Waals surface area contributed by atoms with Crippen LogP contribution in [-0.4, -0.2) is 54.6 Å². The summed E-state index contributed by atoms with van der Waals surface area (Å²) in [6.07, 6.45) is 0.719. The zero-order chi connectivity index (χ0) is 23.4. The average Bonchev–Trinajstić information content (AvgIpc) is 3.32. The number of aryl methyl sites for hydroxylation is 1. The Kier molecular flexibility index (Phi) is 6.57. The van der Waals surface area contributed by atoms with Gasteiger partial charge in [-0.25, -0.2) is 8.42 Å². The number of benzene rings is 2. The molecule has 9 nitrogen and oxygen atoms in total. The number of piperazine rings is 1. The summed E-state index contributed by atoms with van der Waals surface area (Å²) in [4.78, 5) is 24.5. The number of non-ortho nitro benzene ring substituents is 1. The van der Waals surface area contributed by atoms with E-state index in [9.17, 15) is 23.3 Å². The molecule has 10 heteroatoms. The van der Waals surface area contributed by atoms with Crippen LogP contribution in [0.2, 0.25) is 0 Å². The third kappa shape index (κ3) is 5.12. The molecule has 0 spiro atoms. The molecule has 1 aliphatic rings. The number of carbonyl (C=O) groups is 1. The molecule has 1 aliphatic heterocycles. The smallest absolute Gasteiger partial charge is 0.270 e. The van der Waals surface area contributed by atoms with Gasteiger partial charge in [-0.1, -0.05) is 36.4 Å². The number of sulfonamides is 1. The Morgan fingerprint density at radius 2 is 1.70 bits per heavy atom. The predicted molar refractivity (Wildman–Crippen MR) is 121 cm³/mol. The number of rotatable bonds is 7. The van der Waals surface area contributed by atoms with Crippen LogP contribution in [0.5, 0.6) is 0 Å². The van der Waals surface area contributed by atoms with E-state index in [0.29, 0.717) is 12.2 Å². The summed E-state index contributed by atoms with van der Waals surface area (Å²) < 4.78 is 32.8. The van der Waals surface area contributed by atoms with Crippen LogP contribution < -0.4 is 0 Å². The van der Waals surface area contributed by atoms with E-state index in [1.165, 1.54) is 22.5 Å². The Morgan fingerprint density at radius 3 is 2.39 bits per heavy atom. The molecule has 4 rings (SSSR count). The van der Waals surface area contributed by atoms with Crippen LogP contribution in [0.4, 0.5) is 5.69 Å². The maximum absolute atomic E-state index is 12.9. The van der Waals surface area contributed by atoms with Gasteiger partial charge in [0.2, 0.25) is 15.9 Å². The Balaban J connectivity index is 1.31. The van der Waals surface area contributed by atoms with Crippen molar-refractivity contribution in [3.63, 3.8) is 0 Å². The monoisotopic (exact) mass is 469 g/mol. The minimum atomic E-state index is -3.87. The highest BCUT2D eigenvalue weighted by molar-refractivity contribution is 7.89. The topological polar surface area (TPSA) is 114 Å². The summed E-state index contributed by atoms with van der Waals surface area (Å²) in [5.41, 5.74) is 0.689. The molecule has 172 valence electrons. The second-order valence-corrected chi connectivity index (χ2v) is 9.61. The summed E-state index contributed by atoms with van der Waals surface area (Å²) in [6.45, 7) is 0.798. The average molecular weight is 470 g/mol. The van der Waals surface area contributed by atoms with Crippen LogP contribution in [0.1, 0.15) is 12.2 Å². The fourth-order valence-corrected chi connectivity index (χ4v) is 5.20. The zero-order valence-electron chi connectivity index (χ0n) is 17.8. The summed E-state index contributed by atoms with van der Waals surface area (Å²) in [5.74, 6) is 1.40. The van der Waals surface area contributed by atoms with Crippen molar-refractivity contribution in [2.75, 3.05) is 26.2 Å². The van der Waals surface area contributed by atoms with E-state index in [2.05, 4.69) is 0 Å². The number of nitrogens with zero attached hydrogens (tertiary/aromatic N) is 3. The maximum atomic E-state index is 12.9. The first-order valence-corrected chi connectivity index (χ1v) is 11.9. The normalized spacial score (nSPS) is 14.8. The van der Waals surface area contributed by atoms with Crippen molar-refractivity contribution in [3.8, 4) is 11.3 Å². The largest absolute Gasteiger partial charge is 0.461 e. The molecule has 1 fully saturated rings. The molecule has 1 aromatic heterocycles.